The van der Waals surface area contributed by atoms with Crippen LogP contribution >= 0.6 is 11.6 Å². The van der Waals surface area contributed by atoms with Crippen LogP contribution in [0.1, 0.15) is 0 Å². The van der Waals surface area contributed by atoms with Crippen LogP contribution < -0.4 is 24.8 Å². The molecule has 0 aliphatic heterocycles. The molecule has 174 valence electrons. The van der Waals surface area contributed by atoms with Crippen molar-refractivity contribution in [2.45, 2.75) is 0 Å². The molecule has 2 amide bonds. The van der Waals surface area contributed by atoms with Gasteiger partial charge in [0.25, 0.3) is 0 Å². The van der Waals surface area contributed by atoms with E-state index in [-0.39, 0.29) is 5.82 Å². The summed E-state index contributed by atoms with van der Waals surface area (Å²) in [5.41, 5.74) is 2.97. The van der Waals surface area contributed by atoms with Crippen molar-refractivity contribution < 1.29 is 23.4 Å². The van der Waals surface area contributed by atoms with Gasteiger partial charge >= 0.3 is 6.03 Å². The van der Waals surface area contributed by atoms with Crippen molar-refractivity contribution in [2.75, 3.05) is 32.0 Å². The summed E-state index contributed by atoms with van der Waals surface area (Å²) in [5, 5.41) is 6.54. The second-order valence-corrected chi connectivity index (χ2v) is 7.62. The molecule has 2 N–H and O–H groups in total. The van der Waals surface area contributed by atoms with E-state index in [1.807, 2.05) is 0 Å². The number of amides is 2. The highest BCUT2D eigenvalue weighted by Gasteiger charge is 2.14. The second kappa shape index (κ2) is 9.84. The van der Waals surface area contributed by atoms with Crippen molar-refractivity contribution >= 4 is 39.9 Å². The van der Waals surface area contributed by atoms with Crippen molar-refractivity contribution in [1.82, 2.24) is 4.98 Å². The number of anilines is 2. The van der Waals surface area contributed by atoms with Crippen LogP contribution in [0, 0.1) is 5.82 Å². The number of hydrogen-bond acceptors (Lipinski definition) is 5. The fourth-order valence-corrected chi connectivity index (χ4v) is 3.69. The number of nitrogens with zero attached hydrogens (tertiary/aromatic N) is 1. The van der Waals surface area contributed by atoms with Crippen LogP contribution in [0.3, 0.4) is 0 Å². The molecule has 0 radical (unpaired) electrons. The first kappa shape index (κ1) is 23.1. The lowest BCUT2D eigenvalue weighted by Crippen LogP contribution is -2.19. The van der Waals surface area contributed by atoms with Crippen LogP contribution in [0.25, 0.3) is 22.2 Å². The summed E-state index contributed by atoms with van der Waals surface area (Å²) in [6.07, 6.45) is 0. The molecular weight excluding hydrogens is 461 g/mol. The van der Waals surface area contributed by atoms with Crippen molar-refractivity contribution in [3.8, 4) is 28.5 Å². The summed E-state index contributed by atoms with van der Waals surface area (Å²) in [4.78, 5) is 17.3. The van der Waals surface area contributed by atoms with Gasteiger partial charge in [0.15, 0.2) is 0 Å². The number of urea groups is 1. The molecule has 7 nitrogen and oxygen atoms in total. The quantitative estimate of drug-likeness (QED) is 0.334. The lowest BCUT2D eigenvalue weighted by Gasteiger charge is -2.14. The van der Waals surface area contributed by atoms with E-state index in [1.54, 1.807) is 55.6 Å². The third kappa shape index (κ3) is 4.82. The molecule has 4 aromatic rings. The van der Waals surface area contributed by atoms with E-state index in [2.05, 4.69) is 15.6 Å². The largest absolute Gasteiger partial charge is 0.496 e. The van der Waals surface area contributed by atoms with E-state index in [0.717, 1.165) is 5.56 Å². The average molecular weight is 482 g/mol. The molecule has 0 aliphatic carbocycles. The van der Waals surface area contributed by atoms with E-state index in [1.165, 1.54) is 26.4 Å². The predicted molar refractivity (Wildman–Crippen MR) is 131 cm³/mol. The molecule has 0 atom stereocenters. The molecule has 9 heteroatoms. The molecule has 0 spiro atoms. The zero-order chi connectivity index (χ0) is 24.2. The summed E-state index contributed by atoms with van der Waals surface area (Å²) < 4.78 is 29.3. The summed E-state index contributed by atoms with van der Waals surface area (Å²) in [7, 11) is 4.52. The van der Waals surface area contributed by atoms with E-state index in [9.17, 15) is 9.18 Å². The van der Waals surface area contributed by atoms with E-state index < -0.39 is 6.03 Å². The lowest BCUT2D eigenvalue weighted by molar-refractivity contribution is 0.262. The Hall–Kier alpha value is -4.04. The van der Waals surface area contributed by atoms with Gasteiger partial charge < -0.3 is 24.8 Å². The zero-order valence-corrected chi connectivity index (χ0v) is 19.4. The summed E-state index contributed by atoms with van der Waals surface area (Å²) in [6.45, 7) is 0. The van der Waals surface area contributed by atoms with Gasteiger partial charge in [-0.15, -0.1) is 0 Å². The number of carbonyl (C=O) groups excluding carboxylic acids is 1. The van der Waals surface area contributed by atoms with Crippen LogP contribution in [-0.2, 0) is 0 Å². The first-order valence-electron chi connectivity index (χ1n) is 10.2. The third-order valence-electron chi connectivity index (χ3n) is 5.11. The average Bonchev–Trinajstić information content (AvgIpc) is 2.84. The minimum atomic E-state index is -0.492. The highest BCUT2D eigenvalue weighted by atomic mass is 35.5. The van der Waals surface area contributed by atoms with Gasteiger partial charge in [-0.25, -0.2) is 14.2 Å². The van der Waals surface area contributed by atoms with Gasteiger partial charge in [0, 0.05) is 28.8 Å². The number of halogens is 2. The van der Waals surface area contributed by atoms with Gasteiger partial charge in [-0.3, -0.25) is 0 Å². The Kier molecular flexibility index (Phi) is 6.70. The number of pyridine rings is 1. The number of nitrogens with one attached hydrogen (secondary N) is 2. The Morgan fingerprint density at radius 1 is 0.853 bits per heavy atom. The maximum absolute atomic E-state index is 13.3. The Labute approximate surface area is 200 Å². The zero-order valence-electron chi connectivity index (χ0n) is 18.6. The van der Waals surface area contributed by atoms with Crippen LogP contribution in [0.4, 0.5) is 20.6 Å². The van der Waals surface area contributed by atoms with Crippen molar-refractivity contribution in [1.29, 1.82) is 0 Å². The van der Waals surface area contributed by atoms with Gasteiger partial charge in [-0.1, -0.05) is 11.6 Å². The molecule has 1 aromatic heterocycles. The molecule has 0 bridgehead atoms. The van der Waals surface area contributed by atoms with E-state index >= 15 is 0 Å². The third-order valence-corrected chi connectivity index (χ3v) is 5.41. The highest BCUT2D eigenvalue weighted by molar-refractivity contribution is 6.32. The van der Waals surface area contributed by atoms with Gasteiger partial charge in [0.05, 0.1) is 43.3 Å². The van der Waals surface area contributed by atoms with Crippen LogP contribution in [0.15, 0.2) is 60.7 Å². The summed E-state index contributed by atoms with van der Waals surface area (Å²) in [5.74, 6) is 1.07. The molecule has 0 fully saturated rings. The van der Waals surface area contributed by atoms with Crippen molar-refractivity contribution in [3.63, 3.8) is 0 Å². The van der Waals surface area contributed by atoms with Crippen LogP contribution in [0.5, 0.6) is 17.2 Å². The Morgan fingerprint density at radius 3 is 2.24 bits per heavy atom. The molecule has 0 saturated heterocycles. The Morgan fingerprint density at radius 2 is 1.56 bits per heavy atom. The molecule has 4 rings (SSSR count). The molecule has 0 saturated carbocycles. The van der Waals surface area contributed by atoms with Crippen molar-refractivity contribution in [3.05, 3.63) is 71.5 Å². The van der Waals surface area contributed by atoms with Gasteiger partial charge in [-0.05, 0) is 48.5 Å². The van der Waals surface area contributed by atoms with Crippen LogP contribution in [-0.4, -0.2) is 32.3 Å². The summed E-state index contributed by atoms with van der Waals surface area (Å²) in [6, 6.07) is 15.7. The topological polar surface area (TPSA) is 81.7 Å². The van der Waals surface area contributed by atoms with Crippen molar-refractivity contribution in [2.24, 2.45) is 0 Å². The number of hydrogen-bond donors (Lipinski definition) is 2. The number of methoxy groups -OCH3 is 3. The maximum atomic E-state index is 13.3. The molecule has 1 heterocycles. The standard InChI is InChI=1S/C25H21ClFN3O4/c1-32-22-12-20(14-4-6-15(27)7-5-14)29-19-9-8-16(10-17(19)22)28-25(31)30-21-11-18(26)23(33-2)13-24(21)34-3/h4-13H,1-3H3,(H2,28,30,31). The fraction of sp³-hybridized carbons (Fsp3) is 0.120. The van der Waals surface area contributed by atoms with E-state index in [0.29, 0.717) is 50.2 Å². The first-order chi connectivity index (χ1) is 16.4. The molecule has 0 aliphatic rings. The smallest absolute Gasteiger partial charge is 0.323 e. The van der Waals surface area contributed by atoms with Gasteiger partial charge in [0.1, 0.15) is 23.1 Å². The van der Waals surface area contributed by atoms with E-state index in [4.69, 9.17) is 25.8 Å². The Bertz CT molecular complexity index is 1360. The number of aromatic nitrogens is 1. The second-order valence-electron chi connectivity index (χ2n) is 7.21. The lowest BCUT2D eigenvalue weighted by atomic mass is 10.1. The number of carbonyl (C=O) groups is 1. The minimum Gasteiger partial charge on any atom is -0.496 e. The number of ether oxygens (including phenoxy) is 3. The molecule has 34 heavy (non-hydrogen) atoms. The Balaban J connectivity index is 1.59. The SMILES string of the molecule is COc1cc(OC)c(NC(=O)Nc2ccc3nc(-c4ccc(F)cc4)cc(OC)c3c2)cc1Cl. The molecule has 3 aromatic carbocycles. The number of fused-ring (bicyclic) bond motifs is 1. The number of benzene rings is 3. The first-order valence-corrected chi connectivity index (χ1v) is 10.5. The maximum Gasteiger partial charge on any atom is 0.323 e. The van der Waals surface area contributed by atoms with Gasteiger partial charge in [-0.2, -0.15) is 0 Å². The monoisotopic (exact) mass is 481 g/mol. The normalized spacial score (nSPS) is 10.6. The summed E-state index contributed by atoms with van der Waals surface area (Å²) >= 11 is 6.17. The highest BCUT2D eigenvalue weighted by Crippen LogP contribution is 2.36. The predicted octanol–water partition coefficient (Wildman–Crippen LogP) is 6.36. The fourth-order valence-electron chi connectivity index (χ4n) is 3.45. The minimum absolute atomic E-state index is 0.319. The van der Waals surface area contributed by atoms with Gasteiger partial charge in [0.2, 0.25) is 0 Å². The number of rotatable bonds is 6. The molecular formula is C25H21ClFN3O4. The van der Waals surface area contributed by atoms with Crippen LogP contribution in [0.2, 0.25) is 5.02 Å². The molecule has 0 unspecified atom stereocenters.